The lowest BCUT2D eigenvalue weighted by Crippen LogP contribution is -2.52. The van der Waals surface area contributed by atoms with Gasteiger partial charge in [0.25, 0.3) is 0 Å². The number of ether oxygens (including phenoxy) is 2. The molecule has 1 heterocycles. The average molecular weight is 471 g/mol. The minimum Gasteiger partial charge on any atom is -0.493 e. The van der Waals surface area contributed by atoms with E-state index in [0.29, 0.717) is 44.2 Å². The number of rotatable bonds is 11. The molecule has 0 bridgehead atoms. The van der Waals surface area contributed by atoms with Crippen LogP contribution in [0.15, 0.2) is 23.1 Å². The highest BCUT2D eigenvalue weighted by Crippen LogP contribution is 2.29. The number of methoxy groups -OCH3 is 2. The molecule has 0 saturated carbocycles. The summed E-state index contributed by atoms with van der Waals surface area (Å²) in [6, 6.07) is 4.45. The van der Waals surface area contributed by atoms with Gasteiger partial charge >= 0.3 is 0 Å². The maximum Gasteiger partial charge on any atom is 0.240 e. The van der Waals surface area contributed by atoms with Crippen molar-refractivity contribution in [3.63, 3.8) is 0 Å². The molecule has 2 N–H and O–H groups in total. The molecule has 1 aromatic rings. The maximum atomic E-state index is 12.5. The van der Waals surface area contributed by atoms with Gasteiger partial charge in [0.1, 0.15) is 0 Å². The Bertz CT molecular complexity index is 884. The Morgan fingerprint density at radius 3 is 2.34 bits per heavy atom. The van der Waals surface area contributed by atoms with Gasteiger partial charge in [-0.2, -0.15) is 0 Å². The van der Waals surface area contributed by atoms with Crippen molar-refractivity contribution in [1.29, 1.82) is 0 Å². The molecule has 1 aromatic carbocycles. The van der Waals surface area contributed by atoms with E-state index >= 15 is 0 Å². The third kappa shape index (κ3) is 7.35. The Hall–Kier alpha value is -2.37. The zero-order valence-corrected chi connectivity index (χ0v) is 20.0. The van der Waals surface area contributed by atoms with Gasteiger partial charge in [0.05, 0.1) is 25.7 Å². The van der Waals surface area contributed by atoms with Crippen LogP contribution in [0.3, 0.4) is 0 Å². The van der Waals surface area contributed by atoms with Crippen molar-refractivity contribution in [3.05, 3.63) is 18.2 Å². The molecule has 2 amide bonds. The van der Waals surface area contributed by atoms with Crippen LogP contribution in [0.1, 0.15) is 26.7 Å². The Balaban J connectivity index is 1.78. The predicted molar refractivity (Wildman–Crippen MR) is 120 cm³/mol. The minimum absolute atomic E-state index is 0.00691. The van der Waals surface area contributed by atoms with Crippen LogP contribution in [-0.2, 0) is 19.6 Å². The summed E-state index contributed by atoms with van der Waals surface area (Å²) in [5.74, 6) is 0.604. The monoisotopic (exact) mass is 470 g/mol. The van der Waals surface area contributed by atoms with E-state index in [1.165, 1.54) is 32.4 Å². The Morgan fingerprint density at radius 2 is 1.75 bits per heavy atom. The quantitative estimate of drug-likeness (QED) is 0.482. The molecule has 11 heteroatoms. The van der Waals surface area contributed by atoms with Crippen LogP contribution in [0, 0.1) is 0 Å². The first kappa shape index (κ1) is 25.9. The van der Waals surface area contributed by atoms with Gasteiger partial charge in [-0.05, 0) is 25.5 Å². The van der Waals surface area contributed by atoms with Gasteiger partial charge < -0.3 is 19.7 Å². The first-order chi connectivity index (χ1) is 15.2. The lowest BCUT2D eigenvalue weighted by molar-refractivity contribution is -0.133. The summed E-state index contributed by atoms with van der Waals surface area (Å²) in [5.41, 5.74) is 0. The molecule has 32 heavy (non-hydrogen) atoms. The van der Waals surface area contributed by atoms with E-state index in [1.54, 1.807) is 4.90 Å². The van der Waals surface area contributed by atoms with Gasteiger partial charge in [-0.1, -0.05) is 6.92 Å². The SMILES string of the molecule is CCC(C)NC(=O)CN1CCN(C(=O)CCNS(=O)(=O)c2ccc(OC)c(OC)c2)CC1. The van der Waals surface area contributed by atoms with Crippen LogP contribution >= 0.6 is 0 Å². The fourth-order valence-electron chi connectivity index (χ4n) is 3.30. The van der Waals surface area contributed by atoms with Crippen LogP contribution in [-0.4, -0.2) is 89.6 Å². The number of piperazine rings is 1. The van der Waals surface area contributed by atoms with Crippen molar-refractivity contribution < 1.29 is 27.5 Å². The van der Waals surface area contributed by atoms with Crippen molar-refractivity contribution in [3.8, 4) is 11.5 Å². The second kappa shape index (κ2) is 12.0. The molecule has 2 rings (SSSR count). The molecule has 0 radical (unpaired) electrons. The average Bonchev–Trinajstić information content (AvgIpc) is 2.78. The molecule has 1 saturated heterocycles. The van der Waals surface area contributed by atoms with E-state index in [9.17, 15) is 18.0 Å². The second-order valence-electron chi connectivity index (χ2n) is 7.70. The van der Waals surface area contributed by atoms with Crippen molar-refractivity contribution in [2.24, 2.45) is 0 Å². The summed E-state index contributed by atoms with van der Waals surface area (Å²) in [7, 11) is -0.889. The number of sulfonamides is 1. The number of carbonyl (C=O) groups excluding carboxylic acids is 2. The largest absolute Gasteiger partial charge is 0.493 e. The second-order valence-corrected chi connectivity index (χ2v) is 9.47. The fraction of sp³-hybridized carbons (Fsp3) is 0.619. The van der Waals surface area contributed by atoms with Crippen LogP contribution in [0.4, 0.5) is 0 Å². The minimum atomic E-state index is -3.79. The van der Waals surface area contributed by atoms with Crippen molar-refractivity contribution in [1.82, 2.24) is 19.8 Å². The van der Waals surface area contributed by atoms with Gasteiger partial charge in [-0.25, -0.2) is 13.1 Å². The zero-order valence-electron chi connectivity index (χ0n) is 19.2. The van der Waals surface area contributed by atoms with Gasteiger partial charge in [-0.15, -0.1) is 0 Å². The lowest BCUT2D eigenvalue weighted by atomic mass is 10.2. The Morgan fingerprint density at radius 1 is 1.09 bits per heavy atom. The summed E-state index contributed by atoms with van der Waals surface area (Å²) in [6.45, 7) is 6.53. The molecule has 10 nitrogen and oxygen atoms in total. The van der Waals surface area contributed by atoms with Gasteiger partial charge in [-0.3, -0.25) is 14.5 Å². The van der Waals surface area contributed by atoms with Crippen LogP contribution in [0.2, 0.25) is 0 Å². The highest BCUT2D eigenvalue weighted by atomic mass is 32.2. The number of nitrogens with one attached hydrogen (secondary N) is 2. The van der Waals surface area contributed by atoms with Crippen LogP contribution in [0.5, 0.6) is 11.5 Å². The molecule has 1 fully saturated rings. The van der Waals surface area contributed by atoms with Crippen molar-refractivity contribution in [2.75, 3.05) is 53.5 Å². The third-order valence-electron chi connectivity index (χ3n) is 5.41. The van der Waals surface area contributed by atoms with Gasteiger partial charge in [0.15, 0.2) is 11.5 Å². The Kier molecular flexibility index (Phi) is 9.73. The summed E-state index contributed by atoms with van der Waals surface area (Å²) in [4.78, 5) is 28.2. The molecule has 1 atom stereocenters. The summed E-state index contributed by atoms with van der Waals surface area (Å²) < 4.78 is 37.8. The summed E-state index contributed by atoms with van der Waals surface area (Å²) >= 11 is 0. The summed E-state index contributed by atoms with van der Waals surface area (Å²) in [5, 5.41) is 2.94. The molecule has 1 aliphatic rings. The zero-order chi connectivity index (χ0) is 23.7. The van der Waals surface area contributed by atoms with Gasteiger partial charge in [0, 0.05) is 51.3 Å². The standard InChI is InChI=1S/C21H34N4O6S/c1-5-16(2)23-20(26)15-24-10-12-25(13-11-24)21(27)8-9-22-32(28,29)17-6-7-18(30-3)19(14-17)31-4/h6-7,14,16,22H,5,8-13,15H2,1-4H3,(H,23,26). The third-order valence-corrected chi connectivity index (χ3v) is 6.87. The van der Waals surface area contributed by atoms with E-state index in [4.69, 9.17) is 9.47 Å². The van der Waals surface area contributed by atoms with Crippen LogP contribution < -0.4 is 19.5 Å². The van der Waals surface area contributed by atoms with Crippen molar-refractivity contribution in [2.45, 2.75) is 37.6 Å². The van der Waals surface area contributed by atoms with Gasteiger partial charge in [0.2, 0.25) is 21.8 Å². The fourth-order valence-corrected chi connectivity index (χ4v) is 4.35. The Labute approximate surface area is 190 Å². The molecule has 0 aromatic heterocycles. The maximum absolute atomic E-state index is 12.5. The number of benzene rings is 1. The molecule has 1 unspecified atom stereocenters. The number of hydrogen-bond donors (Lipinski definition) is 2. The molecule has 0 aliphatic carbocycles. The molecular formula is C21H34N4O6S. The highest BCUT2D eigenvalue weighted by molar-refractivity contribution is 7.89. The predicted octanol–water partition coefficient (Wildman–Crippen LogP) is 0.431. The first-order valence-corrected chi connectivity index (χ1v) is 12.2. The first-order valence-electron chi connectivity index (χ1n) is 10.7. The normalized spacial score (nSPS) is 15.8. The smallest absolute Gasteiger partial charge is 0.240 e. The summed E-state index contributed by atoms with van der Waals surface area (Å²) in [6.07, 6.45) is 0.935. The van der Waals surface area contributed by atoms with Crippen LogP contribution in [0.25, 0.3) is 0 Å². The van der Waals surface area contributed by atoms with E-state index in [-0.39, 0.29) is 35.7 Å². The number of nitrogens with zero attached hydrogens (tertiary/aromatic N) is 2. The molecule has 1 aliphatic heterocycles. The van der Waals surface area contributed by atoms with E-state index in [0.717, 1.165) is 6.42 Å². The number of amides is 2. The molecular weight excluding hydrogens is 436 g/mol. The highest BCUT2D eigenvalue weighted by Gasteiger charge is 2.23. The molecule has 180 valence electrons. The number of carbonyl (C=O) groups is 2. The number of hydrogen-bond acceptors (Lipinski definition) is 7. The molecule has 0 spiro atoms. The lowest BCUT2D eigenvalue weighted by Gasteiger charge is -2.34. The van der Waals surface area contributed by atoms with E-state index in [1.807, 2.05) is 18.7 Å². The van der Waals surface area contributed by atoms with Crippen molar-refractivity contribution >= 4 is 21.8 Å². The topological polar surface area (TPSA) is 117 Å². The van der Waals surface area contributed by atoms with E-state index < -0.39 is 10.0 Å². The van der Waals surface area contributed by atoms with E-state index in [2.05, 4.69) is 10.0 Å².